The number of likely N-dealkylation sites (N-methyl/N-ethyl adjacent to an activating group) is 1. The summed E-state index contributed by atoms with van der Waals surface area (Å²) in [5.74, 6) is 0.979. The largest absolute Gasteiger partial charge is 0.354 e. The Morgan fingerprint density at radius 1 is 1.17 bits per heavy atom. The highest BCUT2D eigenvalue weighted by Gasteiger charge is 2.20. The third kappa shape index (κ3) is 1.73. The minimum Gasteiger partial charge on any atom is -0.354 e. The van der Waals surface area contributed by atoms with Crippen LogP contribution in [0.15, 0.2) is 24.3 Å². The van der Waals surface area contributed by atoms with Gasteiger partial charge in [-0.1, -0.05) is 18.2 Å². The number of hydrogen-bond acceptors (Lipinski definition) is 3. The molecule has 0 unspecified atom stereocenters. The Hall–Kier alpha value is -1.99. The van der Waals surface area contributed by atoms with E-state index in [1.165, 1.54) is 0 Å². The summed E-state index contributed by atoms with van der Waals surface area (Å²) in [7, 11) is 2.13. The fourth-order valence-corrected chi connectivity index (χ4v) is 2.51. The van der Waals surface area contributed by atoms with E-state index in [-0.39, 0.29) is 0 Å². The van der Waals surface area contributed by atoms with Crippen molar-refractivity contribution in [3.05, 3.63) is 29.8 Å². The summed E-state index contributed by atoms with van der Waals surface area (Å²) in [5, 5.41) is 10.4. The van der Waals surface area contributed by atoms with E-state index in [9.17, 15) is 5.26 Å². The Morgan fingerprint density at radius 2 is 1.89 bits per heavy atom. The number of para-hydroxylation sites is 1. The molecule has 1 aromatic carbocycles. The van der Waals surface area contributed by atoms with Crippen molar-refractivity contribution in [2.24, 2.45) is 0 Å². The highest BCUT2D eigenvalue weighted by molar-refractivity contribution is 5.91. The van der Waals surface area contributed by atoms with E-state index in [1.54, 1.807) is 0 Å². The molecule has 1 aliphatic rings. The van der Waals surface area contributed by atoms with Gasteiger partial charge in [-0.05, 0) is 13.1 Å². The summed E-state index contributed by atoms with van der Waals surface area (Å²) in [6.07, 6.45) is 0. The quantitative estimate of drug-likeness (QED) is 0.826. The van der Waals surface area contributed by atoms with Crippen molar-refractivity contribution in [3.8, 4) is 6.07 Å². The molecule has 0 saturated carbocycles. The van der Waals surface area contributed by atoms with Crippen LogP contribution in [0, 0.1) is 11.3 Å². The van der Waals surface area contributed by atoms with Gasteiger partial charge in [0.2, 0.25) is 0 Å². The average molecular weight is 240 g/mol. The van der Waals surface area contributed by atoms with Gasteiger partial charge in [-0.25, -0.2) is 0 Å². The van der Waals surface area contributed by atoms with Crippen molar-refractivity contribution in [1.82, 2.24) is 9.88 Å². The zero-order valence-electron chi connectivity index (χ0n) is 10.5. The first-order valence-electron chi connectivity index (χ1n) is 6.24. The predicted molar refractivity (Wildman–Crippen MR) is 72.7 cm³/mol. The van der Waals surface area contributed by atoms with Crippen molar-refractivity contribution >= 4 is 16.7 Å². The number of rotatable bonds is 1. The average Bonchev–Trinajstić information content (AvgIpc) is 2.78. The van der Waals surface area contributed by atoms with Gasteiger partial charge in [-0.3, -0.25) is 0 Å². The van der Waals surface area contributed by atoms with Crippen molar-refractivity contribution in [1.29, 1.82) is 5.26 Å². The van der Waals surface area contributed by atoms with Gasteiger partial charge in [0.15, 0.2) is 0 Å². The number of nitrogens with one attached hydrogen (secondary N) is 1. The molecule has 4 nitrogen and oxygen atoms in total. The molecule has 1 N–H and O–H groups in total. The lowest BCUT2D eigenvalue weighted by molar-refractivity contribution is 0.312. The predicted octanol–water partition coefficient (Wildman–Crippen LogP) is 1.79. The Balaban J connectivity index is 2.04. The van der Waals surface area contributed by atoms with Crippen LogP contribution >= 0.6 is 0 Å². The van der Waals surface area contributed by atoms with Gasteiger partial charge in [0.1, 0.15) is 17.5 Å². The van der Waals surface area contributed by atoms with E-state index < -0.39 is 0 Å². The molecule has 3 rings (SSSR count). The number of H-pyrrole nitrogens is 1. The Labute approximate surface area is 106 Å². The van der Waals surface area contributed by atoms with Crippen LogP contribution in [0.25, 0.3) is 10.9 Å². The van der Waals surface area contributed by atoms with Gasteiger partial charge < -0.3 is 14.8 Å². The van der Waals surface area contributed by atoms with Gasteiger partial charge in [0.25, 0.3) is 0 Å². The molecule has 1 aliphatic heterocycles. The maximum Gasteiger partial charge on any atom is 0.125 e. The van der Waals surface area contributed by atoms with Crippen molar-refractivity contribution in [2.75, 3.05) is 38.1 Å². The maximum absolute atomic E-state index is 9.38. The van der Waals surface area contributed by atoms with E-state index in [4.69, 9.17) is 0 Å². The minimum absolute atomic E-state index is 0.773. The molecule has 0 spiro atoms. The Bertz CT molecular complexity index is 600. The lowest BCUT2D eigenvalue weighted by Gasteiger charge is -2.33. The van der Waals surface area contributed by atoms with Crippen LogP contribution in [0.4, 0.5) is 5.82 Å². The molecule has 18 heavy (non-hydrogen) atoms. The summed E-state index contributed by atoms with van der Waals surface area (Å²) in [6.45, 7) is 4.02. The minimum atomic E-state index is 0.773. The van der Waals surface area contributed by atoms with Crippen LogP contribution in [0.1, 0.15) is 5.56 Å². The number of hydrogen-bond donors (Lipinski definition) is 1. The zero-order valence-corrected chi connectivity index (χ0v) is 10.5. The first-order chi connectivity index (χ1) is 8.79. The molecule has 1 saturated heterocycles. The zero-order chi connectivity index (χ0) is 12.5. The summed E-state index contributed by atoms with van der Waals surface area (Å²) in [6, 6.07) is 10.3. The van der Waals surface area contributed by atoms with Gasteiger partial charge in [0, 0.05) is 37.1 Å². The van der Waals surface area contributed by atoms with Gasteiger partial charge in [0.05, 0.1) is 0 Å². The second kappa shape index (κ2) is 4.35. The molecule has 0 atom stereocenters. The second-order valence-electron chi connectivity index (χ2n) is 4.80. The summed E-state index contributed by atoms with van der Waals surface area (Å²) >= 11 is 0. The molecule has 2 heterocycles. The van der Waals surface area contributed by atoms with Gasteiger partial charge in [-0.2, -0.15) is 5.26 Å². The number of fused-ring (bicyclic) bond motifs is 1. The normalized spacial score (nSPS) is 17.0. The summed E-state index contributed by atoms with van der Waals surface area (Å²) < 4.78 is 0. The SMILES string of the molecule is CN1CCN(c2[nH]c3ccccc3c2C#N)CC1. The lowest BCUT2D eigenvalue weighted by atomic mass is 10.1. The smallest absolute Gasteiger partial charge is 0.125 e. The molecule has 2 aromatic rings. The van der Waals surface area contributed by atoms with Crippen LogP contribution < -0.4 is 4.90 Å². The number of nitriles is 1. The number of aromatic nitrogens is 1. The first kappa shape index (κ1) is 11.1. The first-order valence-corrected chi connectivity index (χ1v) is 6.24. The topological polar surface area (TPSA) is 46.1 Å². The molecule has 92 valence electrons. The number of benzene rings is 1. The fraction of sp³-hybridized carbons (Fsp3) is 0.357. The number of anilines is 1. The molecule has 0 bridgehead atoms. The fourth-order valence-electron chi connectivity index (χ4n) is 2.51. The molecule has 0 amide bonds. The monoisotopic (exact) mass is 240 g/mol. The van der Waals surface area contributed by atoms with Crippen LogP contribution in [0.5, 0.6) is 0 Å². The molecule has 1 aromatic heterocycles. The van der Waals surface area contributed by atoms with E-state index in [0.717, 1.165) is 48.5 Å². The van der Waals surface area contributed by atoms with Crippen LogP contribution in [-0.2, 0) is 0 Å². The van der Waals surface area contributed by atoms with Crippen molar-refractivity contribution < 1.29 is 0 Å². The number of piperazine rings is 1. The highest BCUT2D eigenvalue weighted by atomic mass is 15.3. The number of aromatic amines is 1. The van der Waals surface area contributed by atoms with Crippen LogP contribution in [-0.4, -0.2) is 43.1 Å². The van der Waals surface area contributed by atoms with Crippen LogP contribution in [0.2, 0.25) is 0 Å². The summed E-state index contributed by atoms with van der Waals surface area (Å²) in [5.41, 5.74) is 1.82. The molecule has 0 radical (unpaired) electrons. The molecule has 1 fully saturated rings. The lowest BCUT2D eigenvalue weighted by Crippen LogP contribution is -2.44. The van der Waals surface area contributed by atoms with E-state index in [2.05, 4.69) is 27.9 Å². The second-order valence-corrected chi connectivity index (χ2v) is 4.80. The standard InChI is InChI=1S/C14H16N4/c1-17-6-8-18(9-7-17)14-12(10-15)11-4-2-3-5-13(11)16-14/h2-5,16H,6-9H2,1H3. The van der Waals surface area contributed by atoms with Crippen LogP contribution in [0.3, 0.4) is 0 Å². The third-order valence-corrected chi connectivity index (χ3v) is 3.62. The Kier molecular flexibility index (Phi) is 2.69. The van der Waals surface area contributed by atoms with E-state index >= 15 is 0 Å². The maximum atomic E-state index is 9.38. The highest BCUT2D eigenvalue weighted by Crippen LogP contribution is 2.28. The van der Waals surface area contributed by atoms with E-state index in [0.29, 0.717) is 0 Å². The number of nitrogens with zero attached hydrogens (tertiary/aromatic N) is 3. The third-order valence-electron chi connectivity index (χ3n) is 3.62. The van der Waals surface area contributed by atoms with Gasteiger partial charge in [-0.15, -0.1) is 0 Å². The van der Waals surface area contributed by atoms with Crippen molar-refractivity contribution in [3.63, 3.8) is 0 Å². The van der Waals surface area contributed by atoms with Gasteiger partial charge >= 0.3 is 0 Å². The Morgan fingerprint density at radius 3 is 2.61 bits per heavy atom. The molecule has 0 aliphatic carbocycles. The van der Waals surface area contributed by atoms with E-state index in [1.807, 2.05) is 24.3 Å². The molecule has 4 heteroatoms. The van der Waals surface area contributed by atoms with Crippen molar-refractivity contribution in [2.45, 2.75) is 0 Å². The summed E-state index contributed by atoms with van der Waals surface area (Å²) in [4.78, 5) is 7.97. The molecular weight excluding hydrogens is 224 g/mol. The molecular formula is C14H16N4.